The zero-order valence-corrected chi connectivity index (χ0v) is 9.87. The third-order valence-electron chi connectivity index (χ3n) is 3.59. The molecule has 0 spiro atoms. The van der Waals surface area contributed by atoms with Crippen molar-refractivity contribution in [1.82, 2.24) is 14.9 Å². The van der Waals surface area contributed by atoms with Gasteiger partial charge in [0.2, 0.25) is 0 Å². The maximum Gasteiger partial charge on any atom is 0.150 e. The molecule has 0 bridgehead atoms. The molecule has 4 nitrogen and oxygen atoms in total. The van der Waals surface area contributed by atoms with E-state index in [9.17, 15) is 5.11 Å². The number of imidazole rings is 1. The first-order chi connectivity index (χ1) is 7.75. The van der Waals surface area contributed by atoms with Gasteiger partial charge < -0.3 is 15.0 Å². The van der Waals surface area contributed by atoms with Gasteiger partial charge in [-0.15, -0.1) is 0 Å². The highest BCUT2D eigenvalue weighted by Crippen LogP contribution is 2.30. The van der Waals surface area contributed by atoms with Gasteiger partial charge in [-0.25, -0.2) is 4.98 Å². The molecule has 0 radical (unpaired) electrons. The quantitative estimate of drug-likeness (QED) is 0.769. The minimum absolute atomic E-state index is 0.253. The van der Waals surface area contributed by atoms with E-state index in [1.165, 1.54) is 0 Å². The molecule has 2 N–H and O–H groups in total. The minimum atomic E-state index is -0.253. The molecule has 5 heteroatoms. The summed E-state index contributed by atoms with van der Waals surface area (Å²) in [6, 6.07) is 0. The molecule has 2 atom stereocenters. The Morgan fingerprint density at radius 3 is 3.06 bits per heavy atom. The van der Waals surface area contributed by atoms with Crippen molar-refractivity contribution in [3.8, 4) is 0 Å². The molecule has 1 aromatic heterocycles. The predicted octanol–water partition coefficient (Wildman–Crippen LogP) is 0.920. The summed E-state index contributed by atoms with van der Waals surface area (Å²) >= 11 is 6.14. The van der Waals surface area contributed by atoms with Crippen molar-refractivity contribution >= 4 is 11.6 Å². The summed E-state index contributed by atoms with van der Waals surface area (Å²) in [4.78, 5) is 4.49. The molecule has 2 unspecified atom stereocenters. The first-order valence-electron chi connectivity index (χ1n) is 5.89. The molecule has 3 heterocycles. The molecular formula is C11H16ClN3O. The van der Waals surface area contributed by atoms with Crippen LogP contribution in [0.3, 0.4) is 0 Å². The highest BCUT2D eigenvalue weighted by Gasteiger charge is 2.28. The second-order valence-electron chi connectivity index (χ2n) is 4.70. The van der Waals surface area contributed by atoms with Crippen LogP contribution in [0.1, 0.15) is 30.3 Å². The normalized spacial score (nSPS) is 29.4. The van der Waals surface area contributed by atoms with E-state index in [1.807, 2.05) is 0 Å². The van der Waals surface area contributed by atoms with Crippen molar-refractivity contribution in [2.24, 2.45) is 0 Å². The van der Waals surface area contributed by atoms with Gasteiger partial charge in [0, 0.05) is 25.4 Å². The number of hydrogen-bond donors (Lipinski definition) is 2. The summed E-state index contributed by atoms with van der Waals surface area (Å²) in [5, 5.41) is 13.6. The summed E-state index contributed by atoms with van der Waals surface area (Å²) in [6.07, 6.45) is 2.34. The second-order valence-corrected chi connectivity index (χ2v) is 5.05. The van der Waals surface area contributed by atoms with Crippen LogP contribution in [0, 0.1) is 0 Å². The number of aliphatic hydroxyl groups excluding tert-OH is 1. The Kier molecular flexibility index (Phi) is 2.65. The fraction of sp³-hybridized carbons (Fsp3) is 0.727. The van der Waals surface area contributed by atoms with Gasteiger partial charge >= 0.3 is 0 Å². The second kappa shape index (κ2) is 4.02. The zero-order valence-electron chi connectivity index (χ0n) is 9.12. The van der Waals surface area contributed by atoms with Crippen molar-refractivity contribution in [3.05, 3.63) is 16.7 Å². The topological polar surface area (TPSA) is 50.1 Å². The third-order valence-corrected chi connectivity index (χ3v) is 3.90. The fourth-order valence-electron chi connectivity index (χ4n) is 2.71. The number of aliphatic hydroxyl groups is 1. The maximum absolute atomic E-state index is 9.64. The van der Waals surface area contributed by atoms with E-state index in [4.69, 9.17) is 11.6 Å². The summed E-state index contributed by atoms with van der Waals surface area (Å²) < 4.78 is 2.22. The van der Waals surface area contributed by atoms with Crippen molar-refractivity contribution in [1.29, 1.82) is 0 Å². The van der Waals surface area contributed by atoms with Crippen LogP contribution in [-0.2, 0) is 13.0 Å². The largest absolute Gasteiger partial charge is 0.393 e. The Labute approximate surface area is 99.6 Å². The Balaban J connectivity index is 1.97. The summed E-state index contributed by atoms with van der Waals surface area (Å²) in [6.45, 7) is 2.91. The third kappa shape index (κ3) is 1.65. The lowest BCUT2D eigenvalue weighted by molar-refractivity contribution is 0.142. The van der Waals surface area contributed by atoms with Crippen LogP contribution in [0.25, 0.3) is 0 Å². The molecule has 0 saturated carbocycles. The van der Waals surface area contributed by atoms with Crippen LogP contribution in [0.4, 0.5) is 0 Å². The number of rotatable bonds is 1. The van der Waals surface area contributed by atoms with E-state index in [0.717, 1.165) is 44.0 Å². The van der Waals surface area contributed by atoms with E-state index in [0.29, 0.717) is 17.5 Å². The summed E-state index contributed by atoms with van der Waals surface area (Å²) in [5.74, 6) is 1.60. The molecule has 16 heavy (non-hydrogen) atoms. The lowest BCUT2D eigenvalue weighted by Crippen LogP contribution is -2.25. The molecule has 3 rings (SSSR count). The van der Waals surface area contributed by atoms with Gasteiger partial charge in [0.05, 0.1) is 11.8 Å². The molecule has 1 fully saturated rings. The van der Waals surface area contributed by atoms with Crippen LogP contribution < -0.4 is 5.32 Å². The highest BCUT2D eigenvalue weighted by molar-refractivity contribution is 6.30. The first-order valence-corrected chi connectivity index (χ1v) is 6.27. The van der Waals surface area contributed by atoms with Crippen LogP contribution in [0.5, 0.6) is 0 Å². The Bertz CT molecular complexity index is 398. The van der Waals surface area contributed by atoms with Crippen molar-refractivity contribution in [2.45, 2.75) is 37.8 Å². The average molecular weight is 242 g/mol. The summed E-state index contributed by atoms with van der Waals surface area (Å²) in [7, 11) is 0. The van der Waals surface area contributed by atoms with Gasteiger partial charge in [-0.2, -0.15) is 0 Å². The van der Waals surface area contributed by atoms with Crippen LogP contribution in [0.2, 0.25) is 5.15 Å². The van der Waals surface area contributed by atoms with E-state index in [-0.39, 0.29) is 6.10 Å². The molecule has 2 aliphatic rings. The molecule has 1 saturated heterocycles. The van der Waals surface area contributed by atoms with Gasteiger partial charge in [-0.05, 0) is 19.4 Å². The molecular weight excluding hydrogens is 226 g/mol. The molecule has 0 amide bonds. The van der Waals surface area contributed by atoms with Crippen molar-refractivity contribution in [3.63, 3.8) is 0 Å². The average Bonchev–Trinajstić information content (AvgIpc) is 2.87. The molecule has 0 aliphatic carbocycles. The Morgan fingerprint density at radius 2 is 2.31 bits per heavy atom. The number of nitrogens with zero attached hydrogens (tertiary/aromatic N) is 2. The van der Waals surface area contributed by atoms with E-state index in [2.05, 4.69) is 14.9 Å². The van der Waals surface area contributed by atoms with Gasteiger partial charge in [0.1, 0.15) is 5.82 Å². The van der Waals surface area contributed by atoms with Gasteiger partial charge in [-0.1, -0.05) is 11.6 Å². The minimum Gasteiger partial charge on any atom is -0.393 e. The van der Waals surface area contributed by atoms with Crippen molar-refractivity contribution in [2.75, 3.05) is 13.1 Å². The predicted molar refractivity (Wildman–Crippen MR) is 61.8 cm³/mol. The lowest BCUT2D eigenvalue weighted by atomic mass is 10.1. The number of halogens is 1. The van der Waals surface area contributed by atoms with Crippen LogP contribution in [0.15, 0.2) is 0 Å². The zero-order chi connectivity index (χ0) is 11.1. The van der Waals surface area contributed by atoms with Gasteiger partial charge in [0.25, 0.3) is 0 Å². The monoisotopic (exact) mass is 241 g/mol. The Morgan fingerprint density at radius 1 is 1.44 bits per heavy atom. The smallest absolute Gasteiger partial charge is 0.150 e. The molecule has 88 valence electrons. The molecule has 2 aliphatic heterocycles. The number of hydrogen-bond acceptors (Lipinski definition) is 3. The maximum atomic E-state index is 9.64. The summed E-state index contributed by atoms with van der Waals surface area (Å²) in [5.41, 5.74) is 1.02. The Hall–Kier alpha value is -0.580. The lowest BCUT2D eigenvalue weighted by Gasteiger charge is -2.22. The SMILES string of the molecule is OC1CCn2c(C3CCNC3)nc(Cl)c2C1. The van der Waals surface area contributed by atoms with E-state index >= 15 is 0 Å². The van der Waals surface area contributed by atoms with Crippen LogP contribution in [-0.4, -0.2) is 33.9 Å². The van der Waals surface area contributed by atoms with Crippen LogP contribution >= 0.6 is 11.6 Å². The first kappa shape index (κ1) is 10.6. The van der Waals surface area contributed by atoms with Crippen molar-refractivity contribution < 1.29 is 5.11 Å². The number of aromatic nitrogens is 2. The molecule has 1 aromatic rings. The van der Waals surface area contributed by atoms with Gasteiger partial charge in [-0.3, -0.25) is 0 Å². The van der Waals surface area contributed by atoms with E-state index < -0.39 is 0 Å². The van der Waals surface area contributed by atoms with Gasteiger partial charge in [0.15, 0.2) is 5.15 Å². The number of nitrogens with one attached hydrogen (secondary N) is 1. The standard InChI is InChI=1S/C11H16ClN3O/c12-10-9-5-8(16)2-4-15(9)11(14-10)7-1-3-13-6-7/h7-8,13,16H,1-6H2. The molecule has 0 aromatic carbocycles. The van der Waals surface area contributed by atoms with E-state index in [1.54, 1.807) is 0 Å². The fourth-order valence-corrected chi connectivity index (χ4v) is 2.97. The highest BCUT2D eigenvalue weighted by atomic mass is 35.5. The number of fused-ring (bicyclic) bond motifs is 1.